The summed E-state index contributed by atoms with van der Waals surface area (Å²) in [5, 5.41) is 2.66. The lowest BCUT2D eigenvalue weighted by Crippen LogP contribution is -2.45. The van der Waals surface area contributed by atoms with Crippen molar-refractivity contribution in [2.75, 3.05) is 26.0 Å². The smallest absolute Gasteiger partial charge is 0.251 e. The van der Waals surface area contributed by atoms with Crippen LogP contribution in [-0.4, -0.2) is 50.6 Å². The van der Waals surface area contributed by atoms with Crippen molar-refractivity contribution in [3.63, 3.8) is 0 Å². The quantitative estimate of drug-likeness (QED) is 0.854. The summed E-state index contributed by atoms with van der Waals surface area (Å²) in [5.74, 6) is 0.317. The highest BCUT2D eigenvalue weighted by molar-refractivity contribution is 7.89. The molecule has 1 amide bonds. The van der Waals surface area contributed by atoms with Gasteiger partial charge in [0.2, 0.25) is 10.0 Å². The molecule has 1 atom stereocenters. The first-order valence-corrected chi connectivity index (χ1v) is 9.47. The van der Waals surface area contributed by atoms with E-state index in [1.54, 1.807) is 35.7 Å². The van der Waals surface area contributed by atoms with E-state index in [-0.39, 0.29) is 24.2 Å². The molecule has 1 aliphatic rings. The average molecular weight is 340 g/mol. The topological polar surface area (TPSA) is 75.7 Å². The van der Waals surface area contributed by atoms with Crippen LogP contribution >= 0.6 is 0 Å². The van der Waals surface area contributed by atoms with E-state index in [0.29, 0.717) is 17.9 Å². The molecule has 0 aromatic heterocycles. The average Bonchev–Trinajstić information content (AvgIpc) is 2.55. The summed E-state index contributed by atoms with van der Waals surface area (Å²) in [4.78, 5) is 12.0. The van der Waals surface area contributed by atoms with E-state index in [4.69, 9.17) is 4.74 Å². The SMILES string of the molecule is COc1ccc(C(=O)NCCS(=O)(=O)N2CCCC[C@@H]2C)cc1. The van der Waals surface area contributed by atoms with Crippen LogP contribution in [0.4, 0.5) is 0 Å². The van der Waals surface area contributed by atoms with Gasteiger partial charge in [-0.05, 0) is 44.0 Å². The molecule has 2 rings (SSSR count). The van der Waals surface area contributed by atoms with Crippen LogP contribution < -0.4 is 10.1 Å². The zero-order chi connectivity index (χ0) is 16.9. The lowest BCUT2D eigenvalue weighted by Gasteiger charge is -2.32. The van der Waals surface area contributed by atoms with Gasteiger partial charge in [-0.15, -0.1) is 0 Å². The Morgan fingerprint density at radius 1 is 1.30 bits per heavy atom. The molecule has 0 radical (unpaired) electrons. The summed E-state index contributed by atoms with van der Waals surface area (Å²) >= 11 is 0. The predicted molar refractivity (Wildman–Crippen MR) is 89.1 cm³/mol. The molecule has 1 aliphatic heterocycles. The zero-order valence-corrected chi connectivity index (χ0v) is 14.4. The van der Waals surface area contributed by atoms with Crippen molar-refractivity contribution in [3.8, 4) is 5.75 Å². The number of nitrogens with one attached hydrogen (secondary N) is 1. The van der Waals surface area contributed by atoms with Crippen molar-refractivity contribution in [1.29, 1.82) is 0 Å². The lowest BCUT2D eigenvalue weighted by molar-refractivity contribution is 0.0956. The first-order valence-electron chi connectivity index (χ1n) is 7.86. The van der Waals surface area contributed by atoms with Gasteiger partial charge in [-0.3, -0.25) is 4.79 Å². The Morgan fingerprint density at radius 2 is 2.00 bits per heavy atom. The van der Waals surface area contributed by atoms with Crippen LogP contribution in [0.5, 0.6) is 5.75 Å². The number of rotatable bonds is 6. The van der Waals surface area contributed by atoms with Crippen molar-refractivity contribution in [3.05, 3.63) is 29.8 Å². The molecule has 23 heavy (non-hydrogen) atoms. The van der Waals surface area contributed by atoms with Crippen molar-refractivity contribution in [2.45, 2.75) is 32.2 Å². The van der Waals surface area contributed by atoms with Crippen LogP contribution in [-0.2, 0) is 10.0 Å². The fourth-order valence-corrected chi connectivity index (χ4v) is 4.40. The maximum absolute atomic E-state index is 12.4. The van der Waals surface area contributed by atoms with Gasteiger partial charge in [-0.25, -0.2) is 8.42 Å². The molecular weight excluding hydrogens is 316 g/mol. The first-order chi connectivity index (χ1) is 10.9. The number of nitrogens with zero attached hydrogens (tertiary/aromatic N) is 1. The summed E-state index contributed by atoms with van der Waals surface area (Å²) in [6, 6.07) is 6.73. The Morgan fingerprint density at radius 3 is 2.61 bits per heavy atom. The highest BCUT2D eigenvalue weighted by Crippen LogP contribution is 2.20. The highest BCUT2D eigenvalue weighted by Gasteiger charge is 2.29. The van der Waals surface area contributed by atoms with Crippen molar-refractivity contribution in [2.24, 2.45) is 0 Å². The lowest BCUT2D eigenvalue weighted by atomic mass is 10.1. The summed E-state index contributed by atoms with van der Waals surface area (Å²) in [6.45, 7) is 2.62. The van der Waals surface area contributed by atoms with Gasteiger partial charge in [0.1, 0.15) is 5.75 Å². The van der Waals surface area contributed by atoms with Gasteiger partial charge in [0.25, 0.3) is 5.91 Å². The van der Waals surface area contributed by atoms with Crippen LogP contribution in [0.25, 0.3) is 0 Å². The number of methoxy groups -OCH3 is 1. The van der Waals surface area contributed by atoms with E-state index < -0.39 is 10.0 Å². The molecule has 1 fully saturated rings. The standard InChI is InChI=1S/C16H24N2O4S/c1-13-5-3-4-11-18(13)23(20,21)12-10-17-16(19)14-6-8-15(22-2)9-7-14/h6-9,13H,3-5,10-12H2,1-2H3,(H,17,19)/t13-/m0/s1. The molecule has 0 aliphatic carbocycles. The van der Waals surface area contributed by atoms with E-state index >= 15 is 0 Å². The molecule has 128 valence electrons. The van der Waals surface area contributed by atoms with E-state index in [1.165, 1.54) is 0 Å². The second-order valence-electron chi connectivity index (χ2n) is 5.76. The van der Waals surface area contributed by atoms with Crippen LogP contribution in [0.15, 0.2) is 24.3 Å². The van der Waals surface area contributed by atoms with Crippen LogP contribution in [0.1, 0.15) is 36.5 Å². The molecule has 0 spiro atoms. The zero-order valence-electron chi connectivity index (χ0n) is 13.6. The molecule has 7 heteroatoms. The molecule has 0 bridgehead atoms. The third kappa shape index (κ3) is 4.68. The minimum atomic E-state index is -3.32. The van der Waals surface area contributed by atoms with Gasteiger partial charge in [0, 0.05) is 24.7 Å². The Kier molecular flexibility index (Phi) is 6.01. The van der Waals surface area contributed by atoms with Gasteiger partial charge in [0.05, 0.1) is 12.9 Å². The number of carbonyl (C=O) groups is 1. The third-order valence-electron chi connectivity index (χ3n) is 4.10. The van der Waals surface area contributed by atoms with Gasteiger partial charge in [-0.1, -0.05) is 6.42 Å². The monoisotopic (exact) mass is 340 g/mol. The minimum absolute atomic E-state index is 0.0473. The van der Waals surface area contributed by atoms with Crippen molar-refractivity contribution < 1.29 is 17.9 Å². The molecule has 0 saturated carbocycles. The molecule has 0 unspecified atom stereocenters. The van der Waals surface area contributed by atoms with Gasteiger partial charge < -0.3 is 10.1 Å². The maximum Gasteiger partial charge on any atom is 0.251 e. The third-order valence-corrected chi connectivity index (χ3v) is 6.07. The first kappa shape index (κ1) is 17.7. The van der Waals surface area contributed by atoms with Crippen molar-refractivity contribution in [1.82, 2.24) is 9.62 Å². The van der Waals surface area contributed by atoms with Gasteiger partial charge >= 0.3 is 0 Å². The fourth-order valence-electron chi connectivity index (χ4n) is 2.74. The van der Waals surface area contributed by atoms with Gasteiger partial charge in [0.15, 0.2) is 0 Å². The summed E-state index contributed by atoms with van der Waals surface area (Å²) in [5.41, 5.74) is 0.481. The van der Waals surface area contributed by atoms with E-state index in [2.05, 4.69) is 5.32 Å². The van der Waals surface area contributed by atoms with E-state index in [0.717, 1.165) is 19.3 Å². The number of piperidine rings is 1. The van der Waals surface area contributed by atoms with Crippen molar-refractivity contribution >= 4 is 15.9 Å². The number of carbonyl (C=O) groups excluding carboxylic acids is 1. The molecule has 1 heterocycles. The minimum Gasteiger partial charge on any atom is -0.497 e. The summed E-state index contributed by atoms with van der Waals surface area (Å²) in [6.07, 6.45) is 2.88. The number of hydrogen-bond acceptors (Lipinski definition) is 4. The Labute approximate surface area is 137 Å². The summed E-state index contributed by atoms with van der Waals surface area (Å²) in [7, 11) is -1.77. The second-order valence-corrected chi connectivity index (χ2v) is 7.80. The number of benzene rings is 1. The van der Waals surface area contributed by atoms with E-state index in [1.807, 2.05) is 6.92 Å². The predicted octanol–water partition coefficient (Wildman–Crippen LogP) is 1.63. The number of amides is 1. The van der Waals surface area contributed by atoms with Crippen LogP contribution in [0.3, 0.4) is 0 Å². The Balaban J connectivity index is 1.86. The molecular formula is C16H24N2O4S. The number of sulfonamides is 1. The van der Waals surface area contributed by atoms with E-state index in [9.17, 15) is 13.2 Å². The normalized spacial score (nSPS) is 19.3. The fraction of sp³-hybridized carbons (Fsp3) is 0.562. The molecule has 1 saturated heterocycles. The molecule has 6 nitrogen and oxygen atoms in total. The Bertz CT molecular complexity index is 628. The maximum atomic E-state index is 12.4. The van der Waals surface area contributed by atoms with Crippen LogP contribution in [0.2, 0.25) is 0 Å². The molecule has 1 N–H and O–H groups in total. The largest absolute Gasteiger partial charge is 0.497 e. The number of hydrogen-bond donors (Lipinski definition) is 1. The second kappa shape index (κ2) is 7.79. The van der Waals surface area contributed by atoms with Crippen LogP contribution in [0, 0.1) is 0 Å². The highest BCUT2D eigenvalue weighted by atomic mass is 32.2. The molecule has 1 aromatic carbocycles. The van der Waals surface area contributed by atoms with Gasteiger partial charge in [-0.2, -0.15) is 4.31 Å². The number of ether oxygens (including phenoxy) is 1. The molecule has 1 aromatic rings. The summed E-state index contributed by atoms with van der Waals surface area (Å²) < 4.78 is 31.3. The Hall–Kier alpha value is -1.60.